The zero-order chi connectivity index (χ0) is 14.5. The summed E-state index contributed by atoms with van der Waals surface area (Å²) in [4.78, 5) is 12.1. The molecule has 0 amide bonds. The van der Waals surface area contributed by atoms with E-state index in [9.17, 15) is 0 Å². The van der Waals surface area contributed by atoms with Crippen molar-refractivity contribution in [2.45, 2.75) is 26.3 Å². The van der Waals surface area contributed by atoms with Crippen LogP contribution < -0.4 is 10.1 Å². The number of rotatable bonds is 6. The smallest absolute Gasteiger partial charge is 0.322 e. The lowest BCUT2D eigenvalue weighted by atomic mass is 10.3. The van der Waals surface area contributed by atoms with Crippen molar-refractivity contribution in [3.63, 3.8) is 0 Å². The van der Waals surface area contributed by atoms with Crippen molar-refractivity contribution in [3.8, 4) is 6.01 Å². The average molecular weight is 298 g/mol. The molecule has 0 saturated heterocycles. The number of ether oxygens (including phenoxy) is 1. The minimum Gasteiger partial charge on any atom is -0.463 e. The highest BCUT2D eigenvalue weighted by atomic mass is 35.5. The van der Waals surface area contributed by atoms with E-state index in [0.717, 1.165) is 12.2 Å². The number of halogens is 1. The quantitative estimate of drug-likeness (QED) is 0.866. The third-order valence-electron chi connectivity index (χ3n) is 2.50. The summed E-state index contributed by atoms with van der Waals surface area (Å²) in [5.41, 5.74) is 0. The molecule has 2 aromatic heterocycles. The molecule has 0 bridgehead atoms. The van der Waals surface area contributed by atoms with Crippen LogP contribution >= 0.6 is 11.6 Å². The molecule has 20 heavy (non-hydrogen) atoms. The molecule has 0 aromatic carbocycles. The van der Waals surface area contributed by atoms with Crippen LogP contribution in [0.15, 0.2) is 6.33 Å². The Labute approximate surface area is 121 Å². The summed E-state index contributed by atoms with van der Waals surface area (Å²) in [5.74, 6) is 1.10. The van der Waals surface area contributed by atoms with Crippen LogP contribution in [0.1, 0.15) is 32.1 Å². The van der Waals surface area contributed by atoms with Crippen LogP contribution in [0.2, 0.25) is 5.28 Å². The topological polar surface area (TPSA) is 90.6 Å². The highest BCUT2D eigenvalue weighted by molar-refractivity contribution is 6.28. The van der Waals surface area contributed by atoms with Crippen molar-refractivity contribution < 1.29 is 4.74 Å². The number of anilines is 1. The molecule has 0 fully saturated rings. The Morgan fingerprint density at radius 2 is 2.20 bits per heavy atom. The van der Waals surface area contributed by atoms with E-state index in [-0.39, 0.29) is 17.3 Å². The second-order valence-electron chi connectivity index (χ2n) is 4.23. The summed E-state index contributed by atoms with van der Waals surface area (Å²) < 4.78 is 7.17. The first kappa shape index (κ1) is 14.4. The highest BCUT2D eigenvalue weighted by Crippen LogP contribution is 2.17. The first-order valence-electron chi connectivity index (χ1n) is 6.25. The number of aromatic nitrogens is 6. The van der Waals surface area contributed by atoms with Gasteiger partial charge in [-0.05, 0) is 24.9 Å². The summed E-state index contributed by atoms with van der Waals surface area (Å²) in [5, 5.41) is 11.0. The molecule has 2 aromatic rings. The zero-order valence-corrected chi connectivity index (χ0v) is 12.3. The van der Waals surface area contributed by atoms with Crippen LogP contribution in [0.3, 0.4) is 0 Å². The van der Waals surface area contributed by atoms with Gasteiger partial charge in [0, 0.05) is 7.05 Å². The van der Waals surface area contributed by atoms with E-state index in [1.165, 1.54) is 0 Å². The maximum atomic E-state index is 5.85. The first-order chi connectivity index (χ1) is 9.60. The Bertz CT molecular complexity index is 574. The monoisotopic (exact) mass is 297 g/mol. The molecule has 0 radical (unpaired) electrons. The fraction of sp³-hybridized carbons (Fsp3) is 0.545. The SMILES string of the molecule is CCCOc1nc(Cl)nc(NC(C)c2nncn2C)n1. The van der Waals surface area contributed by atoms with Gasteiger partial charge in [0.15, 0.2) is 5.82 Å². The number of hydrogen-bond donors (Lipinski definition) is 1. The number of nitrogens with one attached hydrogen (secondary N) is 1. The first-order valence-corrected chi connectivity index (χ1v) is 6.62. The molecule has 0 spiro atoms. The van der Waals surface area contributed by atoms with Crippen LogP contribution in [0.25, 0.3) is 0 Å². The fourth-order valence-corrected chi connectivity index (χ4v) is 1.75. The molecule has 8 nitrogen and oxygen atoms in total. The Morgan fingerprint density at radius 3 is 2.85 bits per heavy atom. The predicted molar refractivity (Wildman–Crippen MR) is 73.7 cm³/mol. The van der Waals surface area contributed by atoms with Crippen LogP contribution in [-0.4, -0.2) is 36.3 Å². The molecule has 108 valence electrons. The van der Waals surface area contributed by atoms with Crippen LogP contribution in [0.5, 0.6) is 6.01 Å². The minimum atomic E-state index is -0.125. The van der Waals surface area contributed by atoms with E-state index < -0.39 is 0 Å². The van der Waals surface area contributed by atoms with Crippen LogP contribution in [-0.2, 0) is 7.05 Å². The van der Waals surface area contributed by atoms with Crippen molar-refractivity contribution >= 4 is 17.5 Å². The van der Waals surface area contributed by atoms with Crippen LogP contribution in [0.4, 0.5) is 5.95 Å². The molecule has 0 aliphatic rings. The average Bonchev–Trinajstić information content (AvgIpc) is 2.82. The molecule has 9 heteroatoms. The van der Waals surface area contributed by atoms with E-state index in [1.54, 1.807) is 6.33 Å². The van der Waals surface area contributed by atoms with Gasteiger partial charge in [-0.2, -0.15) is 15.0 Å². The standard InChI is InChI=1S/C11H16ClN7O/c1-4-5-20-11-16-9(12)15-10(17-11)14-7(2)8-18-13-6-19(8)3/h6-7H,4-5H2,1-3H3,(H,14,15,16,17). The van der Waals surface area contributed by atoms with Gasteiger partial charge in [-0.15, -0.1) is 10.2 Å². The second-order valence-corrected chi connectivity index (χ2v) is 4.56. The van der Waals surface area contributed by atoms with Gasteiger partial charge in [0.1, 0.15) is 6.33 Å². The van der Waals surface area contributed by atoms with Gasteiger partial charge in [0.2, 0.25) is 11.2 Å². The van der Waals surface area contributed by atoms with Crippen molar-refractivity contribution in [3.05, 3.63) is 17.4 Å². The number of aryl methyl sites for hydroxylation is 1. The lowest BCUT2D eigenvalue weighted by Gasteiger charge is -2.13. The summed E-state index contributed by atoms with van der Waals surface area (Å²) in [6.45, 7) is 4.45. The van der Waals surface area contributed by atoms with Gasteiger partial charge >= 0.3 is 6.01 Å². The van der Waals surface area contributed by atoms with E-state index in [4.69, 9.17) is 16.3 Å². The minimum absolute atomic E-state index is 0.0822. The maximum absolute atomic E-state index is 5.85. The third kappa shape index (κ3) is 3.53. The van der Waals surface area contributed by atoms with E-state index in [1.807, 2.05) is 25.5 Å². The summed E-state index contributed by atoms with van der Waals surface area (Å²) in [7, 11) is 1.86. The van der Waals surface area contributed by atoms with E-state index in [0.29, 0.717) is 12.6 Å². The summed E-state index contributed by atoms with van der Waals surface area (Å²) in [6, 6.07) is 0.0829. The fourth-order valence-electron chi connectivity index (χ4n) is 1.60. The maximum Gasteiger partial charge on any atom is 0.322 e. The third-order valence-corrected chi connectivity index (χ3v) is 2.67. The predicted octanol–water partition coefficient (Wildman–Crippen LogP) is 1.62. The van der Waals surface area contributed by atoms with Gasteiger partial charge in [-0.1, -0.05) is 6.92 Å². The lowest BCUT2D eigenvalue weighted by molar-refractivity contribution is 0.291. The summed E-state index contributed by atoms with van der Waals surface area (Å²) in [6.07, 6.45) is 2.49. The molecular formula is C11H16ClN7O. The second kappa shape index (κ2) is 6.47. The Hall–Kier alpha value is -1.96. The lowest BCUT2D eigenvalue weighted by Crippen LogP contribution is -2.14. The van der Waals surface area contributed by atoms with Crippen molar-refractivity contribution in [1.82, 2.24) is 29.7 Å². The molecular weight excluding hydrogens is 282 g/mol. The van der Waals surface area contributed by atoms with Gasteiger partial charge in [-0.3, -0.25) is 0 Å². The Balaban J connectivity index is 2.12. The van der Waals surface area contributed by atoms with Gasteiger partial charge < -0.3 is 14.6 Å². The molecule has 0 saturated carbocycles. The molecule has 1 N–H and O–H groups in total. The van der Waals surface area contributed by atoms with Crippen molar-refractivity contribution in [2.75, 3.05) is 11.9 Å². The molecule has 2 rings (SSSR count). The number of nitrogens with zero attached hydrogens (tertiary/aromatic N) is 6. The van der Waals surface area contributed by atoms with Gasteiger partial charge in [0.05, 0.1) is 12.6 Å². The molecule has 1 atom stereocenters. The van der Waals surface area contributed by atoms with E-state index in [2.05, 4.69) is 30.5 Å². The van der Waals surface area contributed by atoms with Crippen molar-refractivity contribution in [2.24, 2.45) is 7.05 Å². The van der Waals surface area contributed by atoms with Crippen molar-refractivity contribution in [1.29, 1.82) is 0 Å². The summed E-state index contributed by atoms with van der Waals surface area (Å²) >= 11 is 5.85. The molecule has 0 aliphatic carbocycles. The molecule has 2 heterocycles. The van der Waals surface area contributed by atoms with Gasteiger partial charge in [0.25, 0.3) is 0 Å². The molecule has 1 unspecified atom stereocenters. The zero-order valence-electron chi connectivity index (χ0n) is 11.5. The Morgan fingerprint density at radius 1 is 1.40 bits per heavy atom. The highest BCUT2D eigenvalue weighted by Gasteiger charge is 2.14. The molecule has 0 aliphatic heterocycles. The Kier molecular flexibility index (Phi) is 4.67. The largest absolute Gasteiger partial charge is 0.463 e. The van der Waals surface area contributed by atoms with E-state index >= 15 is 0 Å². The van der Waals surface area contributed by atoms with Gasteiger partial charge in [-0.25, -0.2) is 0 Å². The number of hydrogen-bond acceptors (Lipinski definition) is 7. The van der Waals surface area contributed by atoms with Crippen LogP contribution in [0, 0.1) is 0 Å². The normalized spacial score (nSPS) is 12.2.